The molecule has 5 nitrogen and oxygen atoms in total. The summed E-state index contributed by atoms with van der Waals surface area (Å²) in [4.78, 5) is 13.0. The number of benzene rings is 1. The Labute approximate surface area is 124 Å². The van der Waals surface area contributed by atoms with E-state index in [0.29, 0.717) is 17.2 Å². The fourth-order valence-corrected chi connectivity index (χ4v) is 2.78. The third kappa shape index (κ3) is 4.20. The Morgan fingerprint density at radius 2 is 2.19 bits per heavy atom. The summed E-state index contributed by atoms with van der Waals surface area (Å²) < 4.78 is 5.22. The molecule has 1 aromatic carbocycles. The zero-order valence-corrected chi connectivity index (χ0v) is 12.2. The first-order chi connectivity index (χ1) is 10.1. The van der Waals surface area contributed by atoms with E-state index in [4.69, 9.17) is 15.1 Å². The van der Waals surface area contributed by atoms with Crippen molar-refractivity contribution in [2.45, 2.75) is 25.8 Å². The second-order valence-corrected chi connectivity index (χ2v) is 5.46. The SMILES string of the molecule is COc1cc(CN2CCC(CC(=O)O)CC2)ccc1C#N. The van der Waals surface area contributed by atoms with Crippen LogP contribution in [0.15, 0.2) is 18.2 Å². The number of hydrogen-bond acceptors (Lipinski definition) is 4. The molecular weight excluding hydrogens is 268 g/mol. The number of carboxylic acids is 1. The van der Waals surface area contributed by atoms with Crippen LogP contribution in [0.3, 0.4) is 0 Å². The number of ether oxygens (including phenoxy) is 1. The fourth-order valence-electron chi connectivity index (χ4n) is 2.78. The fraction of sp³-hybridized carbons (Fsp3) is 0.500. The van der Waals surface area contributed by atoms with Gasteiger partial charge < -0.3 is 9.84 Å². The lowest BCUT2D eigenvalue weighted by Crippen LogP contribution is -2.33. The van der Waals surface area contributed by atoms with E-state index >= 15 is 0 Å². The van der Waals surface area contributed by atoms with Gasteiger partial charge in [-0.3, -0.25) is 9.69 Å². The molecule has 0 unspecified atom stereocenters. The van der Waals surface area contributed by atoms with Crippen LogP contribution in [0.1, 0.15) is 30.4 Å². The Bertz CT molecular complexity index is 543. The highest BCUT2D eigenvalue weighted by Gasteiger charge is 2.21. The van der Waals surface area contributed by atoms with Crippen LogP contribution in [0.5, 0.6) is 5.75 Å². The normalized spacial score (nSPS) is 16.4. The van der Waals surface area contributed by atoms with E-state index in [0.717, 1.165) is 38.0 Å². The quantitative estimate of drug-likeness (QED) is 0.899. The Morgan fingerprint density at radius 3 is 2.76 bits per heavy atom. The number of likely N-dealkylation sites (tertiary alicyclic amines) is 1. The number of carboxylic acid groups (broad SMARTS) is 1. The lowest BCUT2D eigenvalue weighted by molar-refractivity contribution is -0.138. The van der Waals surface area contributed by atoms with Crippen LogP contribution >= 0.6 is 0 Å². The molecule has 1 aromatic rings. The number of aliphatic carboxylic acids is 1. The minimum atomic E-state index is -0.703. The molecule has 0 radical (unpaired) electrons. The van der Waals surface area contributed by atoms with Crippen LogP contribution in [0.25, 0.3) is 0 Å². The van der Waals surface area contributed by atoms with Crippen molar-refractivity contribution in [3.05, 3.63) is 29.3 Å². The van der Waals surface area contributed by atoms with Crippen molar-refractivity contribution < 1.29 is 14.6 Å². The van der Waals surface area contributed by atoms with Gasteiger partial charge in [-0.25, -0.2) is 0 Å². The average molecular weight is 288 g/mol. The molecular formula is C16H20N2O3. The summed E-state index contributed by atoms with van der Waals surface area (Å²) in [6.07, 6.45) is 2.14. The van der Waals surface area contributed by atoms with Crippen LogP contribution < -0.4 is 4.74 Å². The van der Waals surface area contributed by atoms with Crippen molar-refractivity contribution in [2.24, 2.45) is 5.92 Å². The second kappa shape index (κ2) is 7.09. The molecule has 0 aromatic heterocycles. The molecule has 2 rings (SSSR count). The van der Waals surface area contributed by atoms with E-state index < -0.39 is 5.97 Å². The minimum absolute atomic E-state index is 0.276. The Balaban J connectivity index is 1.92. The molecule has 1 saturated heterocycles. The lowest BCUT2D eigenvalue weighted by atomic mass is 9.93. The maximum atomic E-state index is 10.7. The van der Waals surface area contributed by atoms with Gasteiger partial charge in [0.05, 0.1) is 12.7 Å². The minimum Gasteiger partial charge on any atom is -0.495 e. The molecule has 0 bridgehead atoms. The number of nitriles is 1. The standard InChI is InChI=1S/C16H20N2O3/c1-21-15-8-13(2-3-14(15)10-17)11-18-6-4-12(5-7-18)9-16(19)20/h2-3,8,12H,4-7,9,11H2,1H3,(H,19,20). The molecule has 1 heterocycles. The van der Waals surface area contributed by atoms with Crippen molar-refractivity contribution in [1.29, 1.82) is 5.26 Å². The first-order valence-corrected chi connectivity index (χ1v) is 7.13. The van der Waals surface area contributed by atoms with Gasteiger partial charge in [-0.05, 0) is 49.5 Å². The van der Waals surface area contributed by atoms with Crippen LogP contribution in [-0.4, -0.2) is 36.2 Å². The molecule has 112 valence electrons. The van der Waals surface area contributed by atoms with Crippen molar-refractivity contribution in [3.8, 4) is 11.8 Å². The molecule has 1 N–H and O–H groups in total. The van der Waals surface area contributed by atoms with Crippen molar-refractivity contribution in [1.82, 2.24) is 4.90 Å². The average Bonchev–Trinajstić information content (AvgIpc) is 2.48. The molecule has 0 spiro atoms. The van der Waals surface area contributed by atoms with Gasteiger partial charge in [0, 0.05) is 13.0 Å². The van der Waals surface area contributed by atoms with Crippen LogP contribution in [-0.2, 0) is 11.3 Å². The topological polar surface area (TPSA) is 73.6 Å². The Hall–Kier alpha value is -2.06. The molecule has 1 aliphatic rings. The van der Waals surface area contributed by atoms with Crippen LogP contribution in [0, 0.1) is 17.2 Å². The van der Waals surface area contributed by atoms with Gasteiger partial charge >= 0.3 is 5.97 Å². The molecule has 0 amide bonds. The largest absolute Gasteiger partial charge is 0.495 e. The summed E-state index contributed by atoms with van der Waals surface area (Å²) in [6.45, 7) is 2.64. The van der Waals surface area contributed by atoms with E-state index in [1.165, 1.54) is 0 Å². The second-order valence-electron chi connectivity index (χ2n) is 5.46. The number of carbonyl (C=O) groups is 1. The zero-order valence-electron chi connectivity index (χ0n) is 12.2. The van der Waals surface area contributed by atoms with Gasteiger partial charge in [0.1, 0.15) is 11.8 Å². The van der Waals surface area contributed by atoms with Gasteiger partial charge in [0.25, 0.3) is 0 Å². The van der Waals surface area contributed by atoms with E-state index in [-0.39, 0.29) is 6.42 Å². The Kier molecular flexibility index (Phi) is 5.18. The maximum Gasteiger partial charge on any atom is 0.303 e. The highest BCUT2D eigenvalue weighted by molar-refractivity contribution is 5.67. The molecule has 0 aliphatic carbocycles. The molecule has 0 saturated carbocycles. The highest BCUT2D eigenvalue weighted by atomic mass is 16.5. The van der Waals surface area contributed by atoms with Gasteiger partial charge in [-0.1, -0.05) is 6.07 Å². The molecule has 5 heteroatoms. The number of nitrogens with zero attached hydrogens (tertiary/aromatic N) is 2. The van der Waals surface area contributed by atoms with Gasteiger partial charge in [0.2, 0.25) is 0 Å². The predicted molar refractivity (Wildman–Crippen MR) is 78.0 cm³/mol. The zero-order chi connectivity index (χ0) is 15.2. The van der Waals surface area contributed by atoms with Crippen molar-refractivity contribution in [2.75, 3.05) is 20.2 Å². The summed E-state index contributed by atoms with van der Waals surface area (Å²) in [5.41, 5.74) is 1.66. The lowest BCUT2D eigenvalue weighted by Gasteiger charge is -2.31. The van der Waals surface area contributed by atoms with E-state index in [2.05, 4.69) is 11.0 Å². The number of hydrogen-bond donors (Lipinski definition) is 1. The molecule has 1 fully saturated rings. The van der Waals surface area contributed by atoms with Gasteiger partial charge in [-0.15, -0.1) is 0 Å². The number of piperidine rings is 1. The summed E-state index contributed by atoms with van der Waals surface area (Å²) in [7, 11) is 1.57. The maximum absolute atomic E-state index is 10.7. The Morgan fingerprint density at radius 1 is 1.48 bits per heavy atom. The monoisotopic (exact) mass is 288 g/mol. The number of rotatable bonds is 5. The van der Waals surface area contributed by atoms with E-state index in [9.17, 15) is 4.79 Å². The third-order valence-electron chi connectivity index (χ3n) is 3.96. The third-order valence-corrected chi connectivity index (χ3v) is 3.96. The first kappa shape index (κ1) is 15.3. The number of methoxy groups -OCH3 is 1. The van der Waals surface area contributed by atoms with Crippen molar-refractivity contribution >= 4 is 5.97 Å². The molecule has 1 aliphatic heterocycles. The summed E-state index contributed by atoms with van der Waals surface area (Å²) in [5, 5.41) is 17.8. The van der Waals surface area contributed by atoms with Gasteiger partial charge in [0.15, 0.2) is 0 Å². The van der Waals surface area contributed by atoms with E-state index in [1.807, 2.05) is 12.1 Å². The van der Waals surface area contributed by atoms with E-state index in [1.54, 1.807) is 13.2 Å². The van der Waals surface area contributed by atoms with Crippen LogP contribution in [0.2, 0.25) is 0 Å². The first-order valence-electron chi connectivity index (χ1n) is 7.13. The van der Waals surface area contributed by atoms with Crippen molar-refractivity contribution in [3.63, 3.8) is 0 Å². The summed E-state index contributed by atoms with van der Waals surface area (Å²) in [6, 6.07) is 7.74. The van der Waals surface area contributed by atoms with Gasteiger partial charge in [-0.2, -0.15) is 5.26 Å². The highest BCUT2D eigenvalue weighted by Crippen LogP contribution is 2.24. The van der Waals surface area contributed by atoms with Crippen LogP contribution in [0.4, 0.5) is 0 Å². The summed E-state index contributed by atoms with van der Waals surface area (Å²) >= 11 is 0. The predicted octanol–water partition coefficient (Wildman–Crippen LogP) is 2.25. The summed E-state index contributed by atoms with van der Waals surface area (Å²) in [5.74, 6) is 0.204. The molecule has 0 atom stereocenters. The molecule has 21 heavy (non-hydrogen) atoms. The smallest absolute Gasteiger partial charge is 0.303 e.